The Bertz CT molecular complexity index is 846. The van der Waals surface area contributed by atoms with E-state index in [4.69, 9.17) is 0 Å². The number of carbonyl (C=O) groups excluding carboxylic acids is 1. The Hall–Kier alpha value is -3.48. The number of hydrogen-bond donors (Lipinski definition) is 2. The second kappa shape index (κ2) is 7.39. The predicted molar refractivity (Wildman–Crippen MR) is 90.5 cm³/mol. The fourth-order valence-electron chi connectivity index (χ4n) is 2.45. The molecule has 7 heteroatoms. The Morgan fingerprint density at radius 3 is 2.24 bits per heavy atom. The van der Waals surface area contributed by atoms with Gasteiger partial charge in [0.15, 0.2) is 0 Å². The average molecular weight is 336 g/mol. The summed E-state index contributed by atoms with van der Waals surface area (Å²) >= 11 is 0. The first-order chi connectivity index (χ1) is 12.1. The van der Waals surface area contributed by atoms with Crippen LogP contribution in [0.2, 0.25) is 0 Å². The molecule has 25 heavy (non-hydrogen) atoms. The highest BCUT2D eigenvalue weighted by molar-refractivity contribution is 5.94. The third kappa shape index (κ3) is 3.89. The third-order valence-corrected chi connectivity index (χ3v) is 3.81. The summed E-state index contributed by atoms with van der Waals surface area (Å²) in [5, 5.41) is 19.5. The van der Waals surface area contributed by atoms with E-state index >= 15 is 0 Å². The Balaban J connectivity index is 1.66. The van der Waals surface area contributed by atoms with Crippen molar-refractivity contribution in [3.8, 4) is 5.69 Å². The molecule has 3 rings (SSSR count). The number of amides is 1. The Morgan fingerprint density at radius 2 is 1.64 bits per heavy atom. The lowest BCUT2D eigenvalue weighted by molar-refractivity contribution is -0.138. The Kier molecular flexibility index (Phi) is 4.84. The molecule has 0 bridgehead atoms. The van der Waals surface area contributed by atoms with Gasteiger partial charge in [-0.3, -0.25) is 14.2 Å². The van der Waals surface area contributed by atoms with E-state index in [9.17, 15) is 14.7 Å². The van der Waals surface area contributed by atoms with Crippen LogP contribution in [0.25, 0.3) is 5.69 Å². The minimum absolute atomic E-state index is 0.0192. The van der Waals surface area contributed by atoms with E-state index in [-0.39, 0.29) is 12.5 Å². The standard InChI is InChI=1S/C18H16N4O3/c23-17(14-6-8-15(9-7-14)22-11-20-21-12-22)19-10-16(18(24)25)13-4-2-1-3-5-13/h1-9,11-12,16H,10H2,(H,19,23)(H,24,25). The molecule has 1 heterocycles. The predicted octanol–water partition coefficient (Wildman–Crippen LogP) is 1.87. The molecule has 0 spiro atoms. The van der Waals surface area contributed by atoms with Crippen LogP contribution in [0.3, 0.4) is 0 Å². The first-order valence-electron chi connectivity index (χ1n) is 7.66. The van der Waals surface area contributed by atoms with Crippen molar-refractivity contribution >= 4 is 11.9 Å². The van der Waals surface area contributed by atoms with Crippen LogP contribution < -0.4 is 5.32 Å². The molecule has 1 amide bonds. The van der Waals surface area contributed by atoms with E-state index in [2.05, 4.69) is 15.5 Å². The topological polar surface area (TPSA) is 97.1 Å². The normalized spacial score (nSPS) is 11.7. The quantitative estimate of drug-likeness (QED) is 0.716. The molecule has 2 aromatic carbocycles. The van der Waals surface area contributed by atoms with Gasteiger partial charge in [0.25, 0.3) is 5.91 Å². The number of carbonyl (C=O) groups is 2. The highest BCUT2D eigenvalue weighted by Crippen LogP contribution is 2.15. The summed E-state index contributed by atoms with van der Waals surface area (Å²) in [4.78, 5) is 23.7. The second-order valence-electron chi connectivity index (χ2n) is 5.43. The van der Waals surface area contributed by atoms with Crippen LogP contribution in [0.15, 0.2) is 67.3 Å². The lowest BCUT2D eigenvalue weighted by Gasteiger charge is -2.14. The van der Waals surface area contributed by atoms with Crippen molar-refractivity contribution in [3.63, 3.8) is 0 Å². The first kappa shape index (κ1) is 16.4. The van der Waals surface area contributed by atoms with Gasteiger partial charge in [-0.2, -0.15) is 0 Å². The van der Waals surface area contributed by atoms with Crippen molar-refractivity contribution in [2.24, 2.45) is 0 Å². The smallest absolute Gasteiger partial charge is 0.312 e. The van der Waals surface area contributed by atoms with E-state index < -0.39 is 11.9 Å². The summed E-state index contributed by atoms with van der Waals surface area (Å²) < 4.78 is 1.72. The van der Waals surface area contributed by atoms with Gasteiger partial charge >= 0.3 is 5.97 Å². The summed E-state index contributed by atoms with van der Waals surface area (Å²) in [5.74, 6) is -2.09. The molecule has 0 aliphatic carbocycles. The second-order valence-corrected chi connectivity index (χ2v) is 5.43. The van der Waals surface area contributed by atoms with Crippen LogP contribution in [0, 0.1) is 0 Å². The lowest BCUT2D eigenvalue weighted by atomic mass is 9.99. The zero-order chi connectivity index (χ0) is 17.6. The van der Waals surface area contributed by atoms with E-state index in [0.717, 1.165) is 5.69 Å². The van der Waals surface area contributed by atoms with Crippen LogP contribution in [-0.4, -0.2) is 38.3 Å². The van der Waals surface area contributed by atoms with Gasteiger partial charge in [-0.05, 0) is 29.8 Å². The highest BCUT2D eigenvalue weighted by Gasteiger charge is 2.20. The minimum Gasteiger partial charge on any atom is -0.481 e. The zero-order valence-corrected chi connectivity index (χ0v) is 13.2. The van der Waals surface area contributed by atoms with E-state index in [1.165, 1.54) is 0 Å². The summed E-state index contributed by atoms with van der Waals surface area (Å²) in [6.45, 7) is 0.0192. The lowest BCUT2D eigenvalue weighted by Crippen LogP contribution is -2.31. The molecule has 0 aliphatic rings. The number of aliphatic carboxylic acids is 1. The number of aromatic nitrogens is 3. The Labute approximate surface area is 143 Å². The van der Waals surface area contributed by atoms with Crippen molar-refractivity contribution in [3.05, 3.63) is 78.4 Å². The van der Waals surface area contributed by atoms with Crippen LogP contribution >= 0.6 is 0 Å². The molecule has 0 fully saturated rings. The van der Waals surface area contributed by atoms with Crippen molar-refractivity contribution in [1.29, 1.82) is 0 Å². The van der Waals surface area contributed by atoms with E-state index in [0.29, 0.717) is 11.1 Å². The summed E-state index contributed by atoms with van der Waals surface area (Å²) in [6.07, 6.45) is 3.12. The third-order valence-electron chi connectivity index (χ3n) is 3.81. The first-order valence-corrected chi connectivity index (χ1v) is 7.66. The SMILES string of the molecule is O=C(NCC(C(=O)O)c1ccccc1)c1ccc(-n2cnnc2)cc1. The van der Waals surface area contributed by atoms with Gasteiger partial charge in [0.05, 0.1) is 5.92 Å². The molecule has 1 aromatic heterocycles. The highest BCUT2D eigenvalue weighted by atomic mass is 16.4. The fourth-order valence-corrected chi connectivity index (χ4v) is 2.45. The summed E-state index contributed by atoms with van der Waals surface area (Å²) in [6, 6.07) is 15.7. The van der Waals surface area contributed by atoms with Crippen molar-refractivity contribution < 1.29 is 14.7 Å². The van der Waals surface area contributed by atoms with Gasteiger partial charge in [0.2, 0.25) is 0 Å². The van der Waals surface area contributed by atoms with Gasteiger partial charge in [0.1, 0.15) is 12.7 Å². The number of nitrogens with zero attached hydrogens (tertiary/aromatic N) is 3. The molecule has 126 valence electrons. The summed E-state index contributed by atoms with van der Waals surface area (Å²) in [5.41, 5.74) is 1.93. The minimum atomic E-state index is -0.977. The number of benzene rings is 2. The molecular formula is C18H16N4O3. The van der Waals surface area contributed by atoms with Gasteiger partial charge in [-0.1, -0.05) is 30.3 Å². The molecule has 0 aliphatic heterocycles. The number of hydrogen-bond acceptors (Lipinski definition) is 4. The zero-order valence-electron chi connectivity index (χ0n) is 13.2. The summed E-state index contributed by atoms with van der Waals surface area (Å²) in [7, 11) is 0. The maximum atomic E-state index is 12.3. The average Bonchev–Trinajstić information content (AvgIpc) is 3.17. The number of carboxylic acids is 1. The van der Waals surface area contributed by atoms with Crippen LogP contribution in [0.4, 0.5) is 0 Å². The van der Waals surface area contributed by atoms with E-state index in [1.807, 2.05) is 6.07 Å². The largest absolute Gasteiger partial charge is 0.481 e. The molecule has 0 saturated heterocycles. The number of nitrogens with one attached hydrogen (secondary N) is 1. The van der Waals surface area contributed by atoms with Gasteiger partial charge in [0, 0.05) is 17.8 Å². The maximum absolute atomic E-state index is 12.3. The van der Waals surface area contributed by atoms with Crippen LogP contribution in [0.5, 0.6) is 0 Å². The molecule has 1 unspecified atom stereocenters. The maximum Gasteiger partial charge on any atom is 0.312 e. The molecule has 3 aromatic rings. The van der Waals surface area contributed by atoms with Crippen molar-refractivity contribution in [1.82, 2.24) is 20.1 Å². The number of rotatable bonds is 6. The molecule has 2 N–H and O–H groups in total. The van der Waals surface area contributed by atoms with Crippen LogP contribution in [-0.2, 0) is 4.79 Å². The van der Waals surface area contributed by atoms with E-state index in [1.54, 1.807) is 65.8 Å². The molecule has 0 radical (unpaired) electrons. The fraction of sp³-hybridized carbons (Fsp3) is 0.111. The van der Waals surface area contributed by atoms with Gasteiger partial charge in [-0.15, -0.1) is 10.2 Å². The van der Waals surface area contributed by atoms with Gasteiger partial charge < -0.3 is 10.4 Å². The molecular weight excluding hydrogens is 320 g/mol. The molecule has 7 nitrogen and oxygen atoms in total. The van der Waals surface area contributed by atoms with Crippen molar-refractivity contribution in [2.45, 2.75) is 5.92 Å². The van der Waals surface area contributed by atoms with Gasteiger partial charge in [-0.25, -0.2) is 0 Å². The monoisotopic (exact) mass is 336 g/mol. The molecule has 1 atom stereocenters. The van der Waals surface area contributed by atoms with Crippen molar-refractivity contribution in [2.75, 3.05) is 6.54 Å². The van der Waals surface area contributed by atoms with Crippen LogP contribution in [0.1, 0.15) is 21.8 Å². The Morgan fingerprint density at radius 1 is 1.00 bits per heavy atom. The number of carboxylic acid groups (broad SMARTS) is 1. The molecule has 0 saturated carbocycles.